The number of fused-ring (bicyclic) bond motifs is 3. The molecule has 144 valence electrons. The van der Waals surface area contributed by atoms with Crippen LogP contribution >= 0.6 is 0 Å². The van der Waals surface area contributed by atoms with Crippen LogP contribution in [0.5, 0.6) is 0 Å². The summed E-state index contributed by atoms with van der Waals surface area (Å²) in [4.78, 5) is 4.64. The first-order valence-electron chi connectivity index (χ1n) is 10.5. The molecule has 0 radical (unpaired) electrons. The van der Waals surface area contributed by atoms with Crippen molar-refractivity contribution in [1.29, 1.82) is 0 Å². The molecule has 0 saturated carbocycles. The largest absolute Gasteiger partial charge is 0.308 e. The average Bonchev–Trinajstić information content (AvgIpc) is 3.08. The Morgan fingerprint density at radius 3 is 2.29 bits per heavy atom. The number of hydrogen-bond donors (Lipinski definition) is 0. The van der Waals surface area contributed by atoms with Crippen LogP contribution in [0.25, 0.3) is 27.6 Å². The molecule has 0 amide bonds. The van der Waals surface area contributed by atoms with Crippen molar-refractivity contribution in [2.75, 3.05) is 0 Å². The lowest BCUT2D eigenvalue weighted by Crippen LogP contribution is -2.17. The zero-order chi connectivity index (χ0) is 19.7. The van der Waals surface area contributed by atoms with Crippen LogP contribution in [0.4, 0.5) is 0 Å². The van der Waals surface area contributed by atoms with Crippen LogP contribution in [0.2, 0.25) is 0 Å². The Hall–Kier alpha value is -2.61. The highest BCUT2D eigenvalue weighted by Gasteiger charge is 2.23. The Labute approximate surface area is 168 Å². The maximum absolute atomic E-state index is 4.64. The molecule has 0 fully saturated rings. The maximum Gasteiger partial charge on any atom is 0.0963 e. The molecule has 0 bridgehead atoms. The summed E-state index contributed by atoms with van der Waals surface area (Å²) < 4.78 is 2.33. The molecule has 0 aliphatic heterocycles. The van der Waals surface area contributed by atoms with Crippen LogP contribution in [0.3, 0.4) is 0 Å². The average molecular weight is 371 g/mol. The van der Waals surface area contributed by atoms with Gasteiger partial charge in [-0.3, -0.25) is 4.98 Å². The van der Waals surface area contributed by atoms with Gasteiger partial charge in [0.1, 0.15) is 0 Å². The van der Waals surface area contributed by atoms with Gasteiger partial charge in [0.05, 0.1) is 16.6 Å². The van der Waals surface area contributed by atoms with E-state index in [4.69, 9.17) is 0 Å². The highest BCUT2D eigenvalue weighted by atomic mass is 15.0. The predicted octanol–water partition coefficient (Wildman–Crippen LogP) is 7.50. The van der Waals surface area contributed by atoms with Crippen molar-refractivity contribution in [3.05, 3.63) is 72.4 Å². The van der Waals surface area contributed by atoms with E-state index in [9.17, 15) is 0 Å². The Kier molecular flexibility index (Phi) is 4.97. The van der Waals surface area contributed by atoms with E-state index in [1.807, 2.05) is 12.3 Å². The number of pyridine rings is 1. The van der Waals surface area contributed by atoms with Crippen LogP contribution in [-0.2, 0) is 0 Å². The van der Waals surface area contributed by atoms with Crippen molar-refractivity contribution in [2.45, 2.75) is 52.9 Å². The van der Waals surface area contributed by atoms with Gasteiger partial charge in [-0.25, -0.2) is 0 Å². The molecule has 0 spiro atoms. The Bertz CT molecular complexity index is 1030. The molecule has 0 saturated heterocycles. The summed E-state index contributed by atoms with van der Waals surface area (Å²) in [6.45, 7) is 9.41. The molecule has 2 heteroatoms. The van der Waals surface area contributed by atoms with Gasteiger partial charge in [-0.1, -0.05) is 70.9 Å². The second-order valence-electron chi connectivity index (χ2n) is 8.44. The summed E-state index contributed by atoms with van der Waals surface area (Å²) in [5.74, 6) is 0.568. The molecule has 28 heavy (non-hydrogen) atoms. The van der Waals surface area contributed by atoms with Crippen LogP contribution in [0, 0.1) is 5.41 Å². The monoisotopic (exact) mass is 370 g/mol. The zero-order valence-electron chi connectivity index (χ0n) is 17.4. The van der Waals surface area contributed by atoms with E-state index < -0.39 is 0 Å². The summed E-state index contributed by atoms with van der Waals surface area (Å²) in [6.07, 6.45) is 5.58. The first-order chi connectivity index (χ1) is 13.6. The normalized spacial score (nSPS) is 13.3. The van der Waals surface area contributed by atoms with E-state index in [1.54, 1.807) is 0 Å². The minimum atomic E-state index is 0.427. The Morgan fingerprint density at radius 1 is 0.893 bits per heavy atom. The molecule has 0 aliphatic rings. The molecule has 0 N–H and O–H groups in total. The van der Waals surface area contributed by atoms with E-state index in [0.717, 1.165) is 11.0 Å². The van der Waals surface area contributed by atoms with Gasteiger partial charge in [0.25, 0.3) is 0 Å². The fourth-order valence-electron chi connectivity index (χ4n) is 4.41. The lowest BCUT2D eigenvalue weighted by molar-refractivity contribution is 0.255. The minimum absolute atomic E-state index is 0.427. The molecular formula is C26H30N2. The van der Waals surface area contributed by atoms with Gasteiger partial charge in [-0.2, -0.15) is 0 Å². The molecule has 4 rings (SSSR count). The number of para-hydroxylation sites is 1. The van der Waals surface area contributed by atoms with Crippen LogP contribution in [-0.4, -0.2) is 9.55 Å². The third-order valence-corrected chi connectivity index (χ3v) is 6.65. The number of hydrogen-bond acceptors (Lipinski definition) is 1. The first kappa shape index (κ1) is 18.7. The van der Waals surface area contributed by atoms with Gasteiger partial charge >= 0.3 is 0 Å². The fraction of sp³-hybridized carbons (Fsp3) is 0.346. The second-order valence-corrected chi connectivity index (χ2v) is 8.44. The molecule has 2 aromatic heterocycles. The van der Waals surface area contributed by atoms with Gasteiger partial charge in [0.2, 0.25) is 0 Å². The molecule has 1 unspecified atom stereocenters. The molecule has 4 aromatic rings. The summed E-state index contributed by atoms with van der Waals surface area (Å²) in [7, 11) is 0. The summed E-state index contributed by atoms with van der Waals surface area (Å²) in [6, 6.07) is 21.9. The van der Waals surface area contributed by atoms with Crippen molar-refractivity contribution in [1.82, 2.24) is 9.55 Å². The molecular weight excluding hydrogens is 340 g/mol. The fourth-order valence-corrected chi connectivity index (χ4v) is 4.41. The van der Waals surface area contributed by atoms with Crippen molar-refractivity contribution in [3.8, 4) is 5.69 Å². The number of rotatable bonds is 6. The van der Waals surface area contributed by atoms with Crippen LogP contribution in [0.15, 0.2) is 66.9 Å². The first-order valence-corrected chi connectivity index (χ1v) is 10.5. The Balaban J connectivity index is 1.73. The molecule has 1 atom stereocenters. The highest BCUT2D eigenvalue weighted by Crippen LogP contribution is 2.37. The highest BCUT2D eigenvalue weighted by molar-refractivity contribution is 6.06. The molecule has 2 aromatic carbocycles. The predicted molar refractivity (Wildman–Crippen MR) is 120 cm³/mol. The van der Waals surface area contributed by atoms with Crippen molar-refractivity contribution in [2.24, 2.45) is 5.41 Å². The Morgan fingerprint density at radius 2 is 1.57 bits per heavy atom. The van der Waals surface area contributed by atoms with Crippen molar-refractivity contribution < 1.29 is 0 Å². The van der Waals surface area contributed by atoms with Crippen molar-refractivity contribution >= 4 is 21.9 Å². The second kappa shape index (κ2) is 7.43. The smallest absolute Gasteiger partial charge is 0.0963 e. The summed E-state index contributed by atoms with van der Waals surface area (Å²) in [5.41, 5.74) is 6.49. The SMILES string of the molecule is CCC(C)(CC)CC(C)c1ccc(-n2c3ccccc3c3ncccc32)cc1. The third kappa shape index (κ3) is 3.22. The maximum atomic E-state index is 4.64. The van der Waals surface area contributed by atoms with Crippen LogP contribution in [0.1, 0.15) is 58.4 Å². The van der Waals surface area contributed by atoms with Gasteiger partial charge in [0, 0.05) is 17.3 Å². The quantitative estimate of drug-likeness (QED) is 0.343. The van der Waals surface area contributed by atoms with E-state index in [-0.39, 0.29) is 0 Å². The minimum Gasteiger partial charge on any atom is -0.308 e. The van der Waals surface area contributed by atoms with E-state index in [2.05, 4.69) is 91.8 Å². The zero-order valence-corrected chi connectivity index (χ0v) is 17.4. The van der Waals surface area contributed by atoms with E-state index >= 15 is 0 Å². The topological polar surface area (TPSA) is 17.8 Å². The lowest BCUT2D eigenvalue weighted by Gasteiger charge is -2.30. The molecule has 0 aliphatic carbocycles. The van der Waals surface area contributed by atoms with Crippen molar-refractivity contribution in [3.63, 3.8) is 0 Å². The van der Waals surface area contributed by atoms with E-state index in [0.29, 0.717) is 11.3 Å². The van der Waals surface area contributed by atoms with Gasteiger partial charge in [0.15, 0.2) is 0 Å². The molecule has 2 heterocycles. The van der Waals surface area contributed by atoms with Crippen LogP contribution < -0.4 is 0 Å². The van der Waals surface area contributed by atoms with Gasteiger partial charge < -0.3 is 4.57 Å². The number of aromatic nitrogens is 2. The standard InChI is InChI=1S/C26H30N2/c1-5-26(4,6-2)18-19(3)20-13-15-21(16-14-20)28-23-11-8-7-10-22(23)25-24(28)12-9-17-27-25/h7-17,19H,5-6,18H2,1-4H3. The number of benzene rings is 2. The lowest BCUT2D eigenvalue weighted by atomic mass is 9.75. The van der Waals surface area contributed by atoms with E-state index in [1.165, 1.54) is 41.4 Å². The van der Waals surface area contributed by atoms with Gasteiger partial charge in [-0.05, 0) is 53.6 Å². The summed E-state index contributed by atoms with van der Waals surface area (Å²) >= 11 is 0. The third-order valence-electron chi connectivity index (χ3n) is 6.65. The van der Waals surface area contributed by atoms with Gasteiger partial charge in [-0.15, -0.1) is 0 Å². The number of nitrogens with zero attached hydrogens (tertiary/aromatic N) is 2. The summed E-state index contributed by atoms with van der Waals surface area (Å²) in [5, 5.41) is 1.21. The molecule has 2 nitrogen and oxygen atoms in total.